The van der Waals surface area contributed by atoms with E-state index >= 15 is 0 Å². The Kier molecular flexibility index (Phi) is 4.69. The molecule has 2 aromatic carbocycles. The number of ketones is 2. The van der Waals surface area contributed by atoms with Crippen molar-refractivity contribution in [3.05, 3.63) is 76.9 Å². The van der Waals surface area contributed by atoms with E-state index in [-0.39, 0.29) is 17.3 Å². The van der Waals surface area contributed by atoms with Crippen LogP contribution in [0.3, 0.4) is 0 Å². The Morgan fingerprint density at radius 3 is 1.93 bits per heavy atom. The predicted octanol–water partition coefficient (Wildman–Crippen LogP) is 3.31. The smallest absolute Gasteiger partial charge is 0.213 e. The molecular weight excluding hydrogens is 356 g/mol. The van der Waals surface area contributed by atoms with Gasteiger partial charge in [-0.1, -0.05) is 0 Å². The number of rotatable bonds is 6. The zero-order valence-corrected chi connectivity index (χ0v) is 15.8. The maximum Gasteiger partial charge on any atom is 0.213 e. The van der Waals surface area contributed by atoms with E-state index in [9.17, 15) is 9.59 Å². The number of ether oxygens (including phenoxy) is 2. The zero-order valence-electron chi connectivity index (χ0n) is 15.8. The van der Waals surface area contributed by atoms with E-state index in [2.05, 4.69) is 4.98 Å². The summed E-state index contributed by atoms with van der Waals surface area (Å²) < 4.78 is 12.2. The number of hydrogen-bond donors (Lipinski definition) is 0. The zero-order chi connectivity index (χ0) is 19.7. The van der Waals surface area contributed by atoms with Crippen molar-refractivity contribution in [3.63, 3.8) is 0 Å². The number of aromatic nitrogens is 2. The molecule has 0 atom stereocenters. The van der Waals surface area contributed by atoms with Gasteiger partial charge in [0, 0.05) is 24.1 Å². The van der Waals surface area contributed by atoms with Gasteiger partial charge >= 0.3 is 0 Å². The van der Waals surface area contributed by atoms with Gasteiger partial charge in [0.15, 0.2) is 0 Å². The Balaban J connectivity index is 1.76. The Morgan fingerprint density at radius 2 is 1.39 bits per heavy atom. The molecule has 142 valence electrons. The van der Waals surface area contributed by atoms with Gasteiger partial charge in [-0.2, -0.15) is 0 Å². The van der Waals surface area contributed by atoms with E-state index < -0.39 is 0 Å². The number of nitrogens with zero attached hydrogens (tertiary/aromatic N) is 2. The Bertz CT molecular complexity index is 1030. The van der Waals surface area contributed by atoms with Crippen molar-refractivity contribution >= 4 is 11.6 Å². The molecule has 3 aromatic rings. The molecule has 28 heavy (non-hydrogen) atoms. The SMILES string of the molecule is COc1ccc(C(=O)c2nc3n(c2C(=O)c2ccc(OC)cc2)CCC3)cc1. The minimum absolute atomic E-state index is 0.208. The third-order valence-corrected chi connectivity index (χ3v) is 4.96. The second-order valence-corrected chi connectivity index (χ2v) is 6.60. The molecule has 0 radical (unpaired) electrons. The van der Waals surface area contributed by atoms with E-state index in [1.165, 1.54) is 0 Å². The molecule has 1 aliphatic heterocycles. The molecular formula is C22H20N2O4. The molecule has 0 amide bonds. The average molecular weight is 376 g/mol. The van der Waals surface area contributed by atoms with Crippen LogP contribution in [-0.4, -0.2) is 35.3 Å². The number of carbonyl (C=O) groups is 2. The van der Waals surface area contributed by atoms with Crippen LogP contribution in [0.2, 0.25) is 0 Å². The van der Waals surface area contributed by atoms with Gasteiger partial charge in [0.2, 0.25) is 11.6 Å². The molecule has 4 rings (SSSR count). The van der Waals surface area contributed by atoms with Crippen molar-refractivity contribution < 1.29 is 19.1 Å². The van der Waals surface area contributed by atoms with Crippen LogP contribution in [0.25, 0.3) is 0 Å². The Labute approximate surface area is 162 Å². The number of methoxy groups -OCH3 is 2. The normalized spacial score (nSPS) is 12.5. The molecule has 6 heteroatoms. The highest BCUT2D eigenvalue weighted by atomic mass is 16.5. The number of aryl methyl sites for hydroxylation is 1. The average Bonchev–Trinajstić information content (AvgIpc) is 3.34. The van der Waals surface area contributed by atoms with Gasteiger partial charge in [0.05, 0.1) is 14.2 Å². The second-order valence-electron chi connectivity index (χ2n) is 6.60. The van der Waals surface area contributed by atoms with E-state index in [0.29, 0.717) is 34.9 Å². The van der Waals surface area contributed by atoms with E-state index in [4.69, 9.17) is 9.47 Å². The second kappa shape index (κ2) is 7.31. The fourth-order valence-electron chi connectivity index (χ4n) is 3.47. The summed E-state index contributed by atoms with van der Waals surface area (Å²) in [6.45, 7) is 0.690. The summed E-state index contributed by atoms with van der Waals surface area (Å²) in [7, 11) is 3.15. The van der Waals surface area contributed by atoms with Crippen molar-refractivity contribution in [1.82, 2.24) is 9.55 Å². The lowest BCUT2D eigenvalue weighted by Gasteiger charge is -2.08. The molecule has 0 unspecified atom stereocenters. The highest BCUT2D eigenvalue weighted by Gasteiger charge is 2.30. The third kappa shape index (κ3) is 3.07. The lowest BCUT2D eigenvalue weighted by Crippen LogP contribution is -2.15. The van der Waals surface area contributed by atoms with E-state index in [1.54, 1.807) is 62.8 Å². The lowest BCUT2D eigenvalue weighted by molar-refractivity contribution is 0.0995. The molecule has 2 heterocycles. The van der Waals surface area contributed by atoms with Crippen LogP contribution in [0.5, 0.6) is 11.5 Å². The van der Waals surface area contributed by atoms with Crippen LogP contribution in [0.1, 0.15) is 44.3 Å². The summed E-state index contributed by atoms with van der Waals surface area (Å²) in [4.78, 5) is 30.9. The molecule has 0 saturated heterocycles. The third-order valence-electron chi connectivity index (χ3n) is 4.96. The monoisotopic (exact) mass is 376 g/mol. The molecule has 1 aromatic heterocycles. The van der Waals surface area contributed by atoms with Gasteiger partial charge in [0.25, 0.3) is 0 Å². The molecule has 0 spiro atoms. The lowest BCUT2D eigenvalue weighted by atomic mass is 10.0. The molecule has 0 aliphatic carbocycles. The van der Waals surface area contributed by atoms with Crippen LogP contribution in [-0.2, 0) is 13.0 Å². The number of imidazole rings is 1. The first-order valence-electron chi connectivity index (χ1n) is 9.09. The van der Waals surface area contributed by atoms with Crippen molar-refractivity contribution in [2.75, 3.05) is 14.2 Å². The van der Waals surface area contributed by atoms with Gasteiger partial charge < -0.3 is 14.0 Å². The summed E-state index contributed by atoms with van der Waals surface area (Å²) in [5.74, 6) is 1.65. The topological polar surface area (TPSA) is 70.4 Å². The molecule has 1 aliphatic rings. The number of fused-ring (bicyclic) bond motifs is 1. The van der Waals surface area contributed by atoms with Crippen molar-refractivity contribution in [3.8, 4) is 11.5 Å². The maximum atomic E-state index is 13.2. The van der Waals surface area contributed by atoms with Crippen LogP contribution in [0, 0.1) is 0 Å². The summed E-state index contributed by atoms with van der Waals surface area (Å²) in [6, 6.07) is 13.7. The quantitative estimate of drug-likeness (QED) is 0.617. The first-order valence-corrected chi connectivity index (χ1v) is 9.09. The predicted molar refractivity (Wildman–Crippen MR) is 103 cm³/mol. The first kappa shape index (κ1) is 18.0. The first-order chi connectivity index (χ1) is 13.6. The number of hydrogen-bond acceptors (Lipinski definition) is 5. The molecule has 6 nitrogen and oxygen atoms in total. The fourth-order valence-corrected chi connectivity index (χ4v) is 3.47. The van der Waals surface area contributed by atoms with Crippen molar-refractivity contribution in [1.29, 1.82) is 0 Å². The van der Waals surface area contributed by atoms with E-state index in [0.717, 1.165) is 18.7 Å². The van der Waals surface area contributed by atoms with Gasteiger partial charge in [-0.05, 0) is 55.0 Å². The fraction of sp³-hybridized carbons (Fsp3) is 0.227. The minimum Gasteiger partial charge on any atom is -0.497 e. The van der Waals surface area contributed by atoms with E-state index in [1.807, 2.05) is 4.57 Å². The van der Waals surface area contributed by atoms with Gasteiger partial charge in [-0.25, -0.2) is 4.98 Å². The van der Waals surface area contributed by atoms with Crippen LogP contribution in [0.15, 0.2) is 48.5 Å². The summed E-state index contributed by atoms with van der Waals surface area (Å²) in [5.41, 5.74) is 1.54. The van der Waals surface area contributed by atoms with Crippen LogP contribution >= 0.6 is 0 Å². The Morgan fingerprint density at radius 1 is 0.857 bits per heavy atom. The molecule has 0 saturated carbocycles. The van der Waals surface area contributed by atoms with Gasteiger partial charge in [-0.3, -0.25) is 9.59 Å². The highest BCUT2D eigenvalue weighted by Crippen LogP contribution is 2.26. The molecule has 0 bridgehead atoms. The van der Waals surface area contributed by atoms with Crippen LogP contribution in [0.4, 0.5) is 0 Å². The van der Waals surface area contributed by atoms with Crippen molar-refractivity contribution in [2.24, 2.45) is 0 Å². The number of benzene rings is 2. The minimum atomic E-state index is -0.263. The highest BCUT2D eigenvalue weighted by molar-refractivity contribution is 6.18. The largest absolute Gasteiger partial charge is 0.497 e. The Hall–Kier alpha value is -3.41. The number of carbonyl (C=O) groups excluding carboxylic acids is 2. The molecule has 0 N–H and O–H groups in total. The maximum absolute atomic E-state index is 13.2. The standard InChI is InChI=1S/C22H20N2O4/c1-27-16-9-5-14(6-10-16)21(25)19-20(24-13-3-4-18(24)23-19)22(26)15-7-11-17(28-2)12-8-15/h5-12H,3-4,13H2,1-2H3. The summed E-state index contributed by atoms with van der Waals surface area (Å²) in [5, 5.41) is 0. The molecule has 0 fully saturated rings. The van der Waals surface area contributed by atoms with Gasteiger partial charge in [-0.15, -0.1) is 0 Å². The van der Waals surface area contributed by atoms with Gasteiger partial charge in [0.1, 0.15) is 28.7 Å². The summed E-state index contributed by atoms with van der Waals surface area (Å²) in [6.07, 6.45) is 1.68. The van der Waals surface area contributed by atoms with Crippen molar-refractivity contribution in [2.45, 2.75) is 19.4 Å². The summed E-state index contributed by atoms with van der Waals surface area (Å²) >= 11 is 0. The van der Waals surface area contributed by atoms with Crippen LogP contribution < -0.4 is 9.47 Å².